The lowest BCUT2D eigenvalue weighted by atomic mass is 10.1. The molecule has 0 aliphatic rings. The number of benzene rings is 2. The van der Waals surface area contributed by atoms with Gasteiger partial charge < -0.3 is 19.5 Å². The van der Waals surface area contributed by atoms with Crippen LogP contribution in [-0.4, -0.2) is 27.9 Å². The summed E-state index contributed by atoms with van der Waals surface area (Å²) in [5.74, 6) is 2.18. The monoisotopic (exact) mass is 301 g/mol. The summed E-state index contributed by atoms with van der Waals surface area (Å²) >= 11 is 0. The van der Waals surface area contributed by atoms with Crippen LogP contribution in [0.4, 0.5) is 0 Å². The third-order valence-corrected chi connectivity index (χ3v) is 3.54. The van der Waals surface area contributed by atoms with Crippen LogP contribution in [0, 0.1) is 0 Å². The molecule has 0 fully saturated rings. The number of hydrogen-bond donors (Lipinski definition) is 1. The van der Waals surface area contributed by atoms with E-state index in [4.69, 9.17) is 14.2 Å². The molecule has 0 aromatic heterocycles. The highest BCUT2D eigenvalue weighted by Crippen LogP contribution is 2.34. The molecule has 1 N–H and O–H groups in total. The Balaban J connectivity index is 1.96. The topological polar surface area (TPSA) is 39.7 Å². The molecule has 0 saturated carbocycles. The molecule has 0 heterocycles. The van der Waals surface area contributed by atoms with Gasteiger partial charge >= 0.3 is 0 Å². The summed E-state index contributed by atoms with van der Waals surface area (Å²) in [5, 5.41) is 3.44. The van der Waals surface area contributed by atoms with Gasteiger partial charge in [0.2, 0.25) is 0 Å². The predicted octanol–water partition coefficient (Wildman–Crippen LogP) is 3.04. The molecule has 0 amide bonds. The van der Waals surface area contributed by atoms with Crippen LogP contribution >= 0.6 is 0 Å². The first-order valence-corrected chi connectivity index (χ1v) is 7.32. The Morgan fingerprint density at radius 1 is 0.818 bits per heavy atom. The van der Waals surface area contributed by atoms with Crippen LogP contribution in [0.25, 0.3) is 0 Å². The van der Waals surface area contributed by atoms with E-state index in [1.54, 1.807) is 21.3 Å². The average Bonchev–Trinajstić information content (AvgIpc) is 2.58. The first kappa shape index (κ1) is 16.2. The van der Waals surface area contributed by atoms with Crippen LogP contribution < -0.4 is 19.5 Å². The number of rotatable bonds is 8. The summed E-state index contributed by atoms with van der Waals surface area (Å²) in [6, 6.07) is 14.2. The fourth-order valence-corrected chi connectivity index (χ4v) is 2.33. The first-order valence-electron chi connectivity index (χ1n) is 7.32. The minimum atomic E-state index is 0.674. The van der Waals surface area contributed by atoms with E-state index in [1.165, 1.54) is 5.56 Å². The highest BCUT2D eigenvalue weighted by Gasteiger charge is 2.11. The van der Waals surface area contributed by atoms with E-state index in [1.807, 2.05) is 18.2 Å². The van der Waals surface area contributed by atoms with E-state index in [9.17, 15) is 0 Å². The summed E-state index contributed by atoms with van der Waals surface area (Å²) in [5.41, 5.74) is 2.38. The van der Waals surface area contributed by atoms with Crippen molar-refractivity contribution in [2.24, 2.45) is 0 Å². The van der Waals surface area contributed by atoms with Crippen molar-refractivity contribution in [2.75, 3.05) is 27.9 Å². The van der Waals surface area contributed by atoms with E-state index in [-0.39, 0.29) is 0 Å². The lowest BCUT2D eigenvalue weighted by Crippen LogP contribution is -2.17. The molecule has 22 heavy (non-hydrogen) atoms. The molecule has 4 nitrogen and oxygen atoms in total. The maximum Gasteiger partial charge on any atom is 0.164 e. The average molecular weight is 301 g/mol. The lowest BCUT2D eigenvalue weighted by Gasteiger charge is -2.14. The van der Waals surface area contributed by atoms with Gasteiger partial charge in [-0.3, -0.25) is 0 Å². The first-order chi connectivity index (χ1) is 10.8. The van der Waals surface area contributed by atoms with Crippen LogP contribution in [0.2, 0.25) is 0 Å². The predicted molar refractivity (Wildman–Crippen MR) is 88.0 cm³/mol. The van der Waals surface area contributed by atoms with Gasteiger partial charge in [0.15, 0.2) is 11.5 Å². The number of ether oxygens (including phenoxy) is 3. The minimum absolute atomic E-state index is 0.674. The molecule has 118 valence electrons. The van der Waals surface area contributed by atoms with Crippen molar-refractivity contribution in [1.82, 2.24) is 5.32 Å². The molecule has 0 radical (unpaired) electrons. The third-order valence-electron chi connectivity index (χ3n) is 3.54. The van der Waals surface area contributed by atoms with E-state index in [2.05, 4.69) is 29.6 Å². The molecule has 0 saturated heterocycles. The second-order valence-electron chi connectivity index (χ2n) is 4.93. The van der Waals surface area contributed by atoms with Crippen LogP contribution in [0.15, 0.2) is 42.5 Å². The van der Waals surface area contributed by atoms with Gasteiger partial charge in [0, 0.05) is 18.2 Å². The van der Waals surface area contributed by atoms with Gasteiger partial charge in [0.05, 0.1) is 21.3 Å². The second kappa shape index (κ2) is 8.29. The normalized spacial score (nSPS) is 10.3. The Morgan fingerprint density at radius 3 is 2.09 bits per heavy atom. The molecule has 0 aliphatic heterocycles. The van der Waals surface area contributed by atoms with Gasteiger partial charge in [0.1, 0.15) is 5.75 Å². The zero-order valence-corrected chi connectivity index (χ0v) is 13.4. The largest absolute Gasteiger partial charge is 0.496 e. The fraction of sp³-hybridized carbons (Fsp3) is 0.333. The quantitative estimate of drug-likeness (QED) is 0.761. The lowest BCUT2D eigenvalue weighted by molar-refractivity contribution is 0.347. The number of hydrogen-bond acceptors (Lipinski definition) is 4. The molecule has 0 spiro atoms. The van der Waals surface area contributed by atoms with Crippen molar-refractivity contribution >= 4 is 0 Å². The number of methoxy groups -OCH3 is 3. The number of nitrogens with one attached hydrogen (secondary N) is 1. The molecule has 2 aromatic rings. The zero-order chi connectivity index (χ0) is 15.8. The van der Waals surface area contributed by atoms with E-state index < -0.39 is 0 Å². The highest BCUT2D eigenvalue weighted by molar-refractivity contribution is 5.50. The van der Waals surface area contributed by atoms with Crippen molar-refractivity contribution < 1.29 is 14.2 Å². The summed E-state index contributed by atoms with van der Waals surface area (Å²) in [6.45, 7) is 1.62. The zero-order valence-electron chi connectivity index (χ0n) is 13.4. The summed E-state index contributed by atoms with van der Waals surface area (Å²) < 4.78 is 16.1. The Labute approximate surface area is 132 Å². The summed E-state index contributed by atoms with van der Waals surface area (Å²) in [6.07, 6.45) is 0.996. The van der Waals surface area contributed by atoms with Crippen LogP contribution in [0.3, 0.4) is 0 Å². The van der Waals surface area contributed by atoms with Gasteiger partial charge in [-0.1, -0.05) is 30.3 Å². The maximum atomic E-state index is 5.43. The van der Waals surface area contributed by atoms with Crippen LogP contribution in [0.1, 0.15) is 11.1 Å². The van der Waals surface area contributed by atoms with Crippen molar-refractivity contribution in [3.63, 3.8) is 0 Å². The molecule has 2 rings (SSSR count). The van der Waals surface area contributed by atoms with Crippen LogP contribution in [0.5, 0.6) is 17.2 Å². The molecule has 2 aromatic carbocycles. The molecule has 0 bridgehead atoms. The van der Waals surface area contributed by atoms with E-state index in [0.717, 1.165) is 30.8 Å². The van der Waals surface area contributed by atoms with Gasteiger partial charge in [0.25, 0.3) is 0 Å². The van der Waals surface area contributed by atoms with Crippen LogP contribution in [-0.2, 0) is 13.0 Å². The highest BCUT2D eigenvalue weighted by atomic mass is 16.5. The smallest absolute Gasteiger partial charge is 0.164 e. The van der Waals surface area contributed by atoms with Gasteiger partial charge in [-0.25, -0.2) is 0 Å². The standard InChI is InChI=1S/C18H23NO3/c1-20-16-12-18(22-3)17(21-2)11-15(16)13-19-10-9-14-7-5-4-6-8-14/h4-8,11-12,19H,9-10,13H2,1-3H3. The molecule has 4 heteroatoms. The minimum Gasteiger partial charge on any atom is -0.496 e. The SMILES string of the molecule is COc1cc(OC)c(OC)cc1CNCCc1ccccc1. The Bertz CT molecular complexity index is 584. The molecule has 0 aliphatic carbocycles. The van der Waals surface area contributed by atoms with Gasteiger partial charge in [-0.2, -0.15) is 0 Å². The molecular weight excluding hydrogens is 278 g/mol. The van der Waals surface area contributed by atoms with Gasteiger partial charge in [-0.05, 0) is 24.6 Å². The second-order valence-corrected chi connectivity index (χ2v) is 4.93. The molecular formula is C18H23NO3. The van der Waals surface area contributed by atoms with Crippen molar-refractivity contribution in [3.8, 4) is 17.2 Å². The molecule has 0 unspecified atom stereocenters. The third kappa shape index (κ3) is 4.15. The summed E-state index contributed by atoms with van der Waals surface area (Å²) in [4.78, 5) is 0. The van der Waals surface area contributed by atoms with Crippen molar-refractivity contribution in [2.45, 2.75) is 13.0 Å². The van der Waals surface area contributed by atoms with Crippen molar-refractivity contribution in [3.05, 3.63) is 53.6 Å². The maximum absolute atomic E-state index is 5.43. The Hall–Kier alpha value is -2.20. The van der Waals surface area contributed by atoms with Crippen molar-refractivity contribution in [1.29, 1.82) is 0 Å². The summed E-state index contributed by atoms with van der Waals surface area (Å²) in [7, 11) is 4.92. The molecule has 0 atom stereocenters. The van der Waals surface area contributed by atoms with E-state index in [0.29, 0.717) is 11.5 Å². The van der Waals surface area contributed by atoms with Gasteiger partial charge in [-0.15, -0.1) is 0 Å². The fourth-order valence-electron chi connectivity index (χ4n) is 2.33. The van der Waals surface area contributed by atoms with E-state index >= 15 is 0 Å². The Morgan fingerprint density at radius 2 is 1.45 bits per heavy atom. The Kier molecular flexibility index (Phi) is 6.10.